The minimum Gasteiger partial charge on any atom is -0.212 e. The average Bonchev–Trinajstić information content (AvgIpc) is 2.27. The summed E-state index contributed by atoms with van der Waals surface area (Å²) in [7, 11) is -3.03. The highest BCUT2D eigenvalue weighted by Gasteiger charge is 2.25. The third-order valence-electron chi connectivity index (χ3n) is 3.37. The van der Waals surface area contributed by atoms with E-state index in [1.54, 1.807) is 6.92 Å². The van der Waals surface area contributed by atoms with Gasteiger partial charge in [-0.05, 0) is 32.1 Å². The highest BCUT2D eigenvalue weighted by atomic mass is 32.2. The number of rotatable bonds is 5. The van der Waals surface area contributed by atoms with E-state index in [2.05, 4.69) is 11.6 Å². The molecule has 3 nitrogen and oxygen atoms in total. The molecule has 1 saturated carbocycles. The number of hydrogen-bond donors (Lipinski definition) is 1. The zero-order chi connectivity index (χ0) is 11.3. The summed E-state index contributed by atoms with van der Waals surface area (Å²) in [5.74, 6) is 0.751. The molecule has 0 spiro atoms. The van der Waals surface area contributed by atoms with Crippen molar-refractivity contribution in [3.8, 4) is 0 Å². The average molecular weight is 233 g/mol. The molecular formula is C11H23NO2S. The van der Waals surface area contributed by atoms with E-state index in [1.807, 2.05) is 0 Å². The Morgan fingerprint density at radius 2 is 1.80 bits per heavy atom. The molecule has 0 amide bonds. The van der Waals surface area contributed by atoms with E-state index in [-0.39, 0.29) is 11.8 Å². The van der Waals surface area contributed by atoms with Crippen LogP contribution in [0.4, 0.5) is 0 Å². The van der Waals surface area contributed by atoms with Gasteiger partial charge in [-0.1, -0.05) is 26.2 Å². The van der Waals surface area contributed by atoms with Crippen LogP contribution in [0.1, 0.15) is 52.4 Å². The van der Waals surface area contributed by atoms with Gasteiger partial charge >= 0.3 is 0 Å². The summed E-state index contributed by atoms with van der Waals surface area (Å²) in [5, 5.41) is 0. The van der Waals surface area contributed by atoms with Crippen LogP contribution < -0.4 is 4.72 Å². The second-order valence-corrected chi connectivity index (χ2v) is 6.48. The Balaban J connectivity index is 2.54. The van der Waals surface area contributed by atoms with E-state index < -0.39 is 10.0 Å². The van der Waals surface area contributed by atoms with E-state index in [9.17, 15) is 8.42 Å². The zero-order valence-electron chi connectivity index (χ0n) is 9.83. The minimum atomic E-state index is -3.03. The Bertz CT molecular complexity index is 268. The van der Waals surface area contributed by atoms with Gasteiger partial charge in [0, 0.05) is 6.04 Å². The van der Waals surface area contributed by atoms with Crippen LogP contribution in [0.3, 0.4) is 0 Å². The standard InChI is InChI=1S/C11H23NO2S/c1-3-11(12-15(13,14)4-2)10-8-6-5-7-9-10/h10-12H,3-9H2,1-2H3. The summed E-state index contributed by atoms with van der Waals surface area (Å²) in [6, 6.07) is 0.162. The topological polar surface area (TPSA) is 46.2 Å². The summed E-state index contributed by atoms with van der Waals surface area (Å²) in [6.45, 7) is 3.76. The van der Waals surface area contributed by atoms with Gasteiger partial charge in [-0.2, -0.15) is 0 Å². The maximum absolute atomic E-state index is 11.5. The van der Waals surface area contributed by atoms with E-state index >= 15 is 0 Å². The predicted octanol–water partition coefficient (Wildman–Crippen LogP) is 2.28. The molecular weight excluding hydrogens is 210 g/mol. The van der Waals surface area contributed by atoms with Gasteiger partial charge < -0.3 is 0 Å². The molecule has 0 saturated heterocycles. The molecule has 0 aromatic rings. The molecule has 0 aliphatic heterocycles. The Hall–Kier alpha value is -0.0900. The molecule has 0 aromatic carbocycles. The molecule has 0 aromatic heterocycles. The van der Waals surface area contributed by atoms with Crippen LogP contribution in [0.25, 0.3) is 0 Å². The van der Waals surface area contributed by atoms with Crippen molar-refractivity contribution >= 4 is 10.0 Å². The largest absolute Gasteiger partial charge is 0.212 e. The second kappa shape index (κ2) is 5.85. The first-order valence-corrected chi connectivity index (χ1v) is 7.74. The van der Waals surface area contributed by atoms with Gasteiger partial charge in [-0.15, -0.1) is 0 Å². The quantitative estimate of drug-likeness (QED) is 0.792. The van der Waals surface area contributed by atoms with Crippen molar-refractivity contribution < 1.29 is 8.42 Å². The minimum absolute atomic E-state index is 0.162. The SMILES string of the molecule is CCC(NS(=O)(=O)CC)C1CCCCC1. The summed E-state index contributed by atoms with van der Waals surface area (Å²) in [6.07, 6.45) is 7.11. The van der Waals surface area contributed by atoms with E-state index in [0.29, 0.717) is 5.92 Å². The molecule has 15 heavy (non-hydrogen) atoms. The van der Waals surface area contributed by atoms with Gasteiger partial charge in [-0.25, -0.2) is 13.1 Å². The lowest BCUT2D eigenvalue weighted by molar-refractivity contribution is 0.285. The lowest BCUT2D eigenvalue weighted by atomic mass is 9.83. The fourth-order valence-electron chi connectivity index (χ4n) is 2.36. The van der Waals surface area contributed by atoms with Crippen LogP contribution in [0, 0.1) is 5.92 Å². The molecule has 1 aliphatic rings. The van der Waals surface area contributed by atoms with Crippen LogP contribution in [0.15, 0.2) is 0 Å². The van der Waals surface area contributed by atoms with Gasteiger partial charge in [0.1, 0.15) is 0 Å². The predicted molar refractivity (Wildman–Crippen MR) is 63.3 cm³/mol. The molecule has 4 heteroatoms. The molecule has 1 fully saturated rings. The zero-order valence-corrected chi connectivity index (χ0v) is 10.6. The molecule has 0 heterocycles. The molecule has 1 atom stereocenters. The smallest absolute Gasteiger partial charge is 0.211 e. The molecule has 1 rings (SSSR count). The van der Waals surface area contributed by atoms with Crippen molar-refractivity contribution in [2.24, 2.45) is 5.92 Å². The number of hydrogen-bond acceptors (Lipinski definition) is 2. The van der Waals surface area contributed by atoms with Crippen molar-refractivity contribution in [1.82, 2.24) is 4.72 Å². The van der Waals surface area contributed by atoms with Gasteiger partial charge in [0.25, 0.3) is 0 Å². The first-order valence-electron chi connectivity index (χ1n) is 6.09. The Morgan fingerprint density at radius 1 is 1.20 bits per heavy atom. The maximum atomic E-state index is 11.5. The summed E-state index contributed by atoms with van der Waals surface area (Å²) in [4.78, 5) is 0. The Labute approximate surface area is 93.7 Å². The fourth-order valence-corrected chi connectivity index (χ4v) is 3.35. The van der Waals surface area contributed by atoms with Gasteiger partial charge in [0.2, 0.25) is 10.0 Å². The van der Waals surface area contributed by atoms with Crippen molar-refractivity contribution in [3.63, 3.8) is 0 Å². The van der Waals surface area contributed by atoms with Crippen LogP contribution in [0.5, 0.6) is 0 Å². The van der Waals surface area contributed by atoms with Crippen LogP contribution in [0.2, 0.25) is 0 Å². The first-order chi connectivity index (χ1) is 7.09. The van der Waals surface area contributed by atoms with Gasteiger partial charge in [-0.3, -0.25) is 0 Å². The summed E-state index contributed by atoms with van der Waals surface area (Å²) in [5.41, 5.74) is 0. The lowest BCUT2D eigenvalue weighted by Crippen LogP contribution is -2.41. The number of nitrogens with one attached hydrogen (secondary N) is 1. The Morgan fingerprint density at radius 3 is 2.27 bits per heavy atom. The van der Waals surface area contributed by atoms with E-state index in [0.717, 1.165) is 6.42 Å². The second-order valence-electron chi connectivity index (χ2n) is 4.43. The van der Waals surface area contributed by atoms with Crippen LogP contribution in [-0.4, -0.2) is 20.2 Å². The molecule has 1 N–H and O–H groups in total. The summed E-state index contributed by atoms with van der Waals surface area (Å²) < 4.78 is 25.8. The molecule has 1 unspecified atom stereocenters. The molecule has 0 bridgehead atoms. The normalized spacial score (nSPS) is 21.5. The highest BCUT2D eigenvalue weighted by Crippen LogP contribution is 2.27. The monoisotopic (exact) mass is 233 g/mol. The van der Waals surface area contributed by atoms with Gasteiger partial charge in [0.15, 0.2) is 0 Å². The lowest BCUT2D eigenvalue weighted by Gasteiger charge is -2.29. The van der Waals surface area contributed by atoms with Crippen molar-refractivity contribution in [3.05, 3.63) is 0 Å². The van der Waals surface area contributed by atoms with E-state index in [1.165, 1.54) is 32.1 Å². The number of sulfonamides is 1. The first kappa shape index (κ1) is 13.0. The van der Waals surface area contributed by atoms with Crippen molar-refractivity contribution in [2.45, 2.75) is 58.4 Å². The van der Waals surface area contributed by atoms with E-state index in [4.69, 9.17) is 0 Å². The van der Waals surface area contributed by atoms with Gasteiger partial charge in [0.05, 0.1) is 5.75 Å². The van der Waals surface area contributed by atoms with Crippen LogP contribution in [-0.2, 0) is 10.0 Å². The van der Waals surface area contributed by atoms with Crippen LogP contribution >= 0.6 is 0 Å². The third kappa shape index (κ3) is 4.11. The maximum Gasteiger partial charge on any atom is 0.211 e. The molecule has 0 radical (unpaired) electrons. The third-order valence-corrected chi connectivity index (χ3v) is 4.79. The summed E-state index contributed by atoms with van der Waals surface area (Å²) >= 11 is 0. The van der Waals surface area contributed by atoms with Crippen molar-refractivity contribution in [2.75, 3.05) is 5.75 Å². The fraction of sp³-hybridized carbons (Fsp3) is 1.00. The molecule has 90 valence electrons. The Kier molecular flexibility index (Phi) is 5.06. The molecule has 1 aliphatic carbocycles. The van der Waals surface area contributed by atoms with Crippen molar-refractivity contribution in [1.29, 1.82) is 0 Å². The highest BCUT2D eigenvalue weighted by molar-refractivity contribution is 7.89.